The second-order valence-corrected chi connectivity index (χ2v) is 7.07. The summed E-state index contributed by atoms with van der Waals surface area (Å²) in [6, 6.07) is 14.5. The summed E-state index contributed by atoms with van der Waals surface area (Å²) in [6.07, 6.45) is 4.38. The molecule has 0 unspecified atom stereocenters. The van der Waals surface area contributed by atoms with Crippen molar-refractivity contribution in [1.82, 2.24) is 25.0 Å². The number of aromatic nitrogens is 3. The van der Waals surface area contributed by atoms with Gasteiger partial charge in [-0.1, -0.05) is 30.3 Å². The highest BCUT2D eigenvalue weighted by Crippen LogP contribution is 2.22. The highest BCUT2D eigenvalue weighted by atomic mass is 16.3. The van der Waals surface area contributed by atoms with E-state index in [2.05, 4.69) is 20.7 Å². The lowest BCUT2D eigenvalue weighted by atomic mass is 9.95. The lowest BCUT2D eigenvalue weighted by Crippen LogP contribution is -2.39. The van der Waals surface area contributed by atoms with Crippen molar-refractivity contribution in [3.8, 4) is 5.82 Å². The van der Waals surface area contributed by atoms with Crippen LogP contribution in [0, 0.1) is 5.92 Å². The number of pyridine rings is 1. The third-order valence-corrected chi connectivity index (χ3v) is 4.46. The number of hydrogen-bond donors (Lipinski definition) is 3. The van der Waals surface area contributed by atoms with Gasteiger partial charge in [0.2, 0.25) is 0 Å². The number of benzene rings is 1. The molecule has 1 aromatic carbocycles. The van der Waals surface area contributed by atoms with Crippen molar-refractivity contribution < 1.29 is 9.90 Å². The van der Waals surface area contributed by atoms with Gasteiger partial charge in [0.25, 0.3) is 0 Å². The predicted octanol–water partition coefficient (Wildman–Crippen LogP) is 2.30. The molecule has 2 heterocycles. The summed E-state index contributed by atoms with van der Waals surface area (Å²) in [4.78, 5) is 18.6. The second kappa shape index (κ2) is 9.81. The molecule has 29 heavy (non-hydrogen) atoms. The number of carbonyl (C=O) groups excluding carboxylic acids is 1. The summed E-state index contributed by atoms with van der Waals surface area (Å²) < 4.78 is 1.64. The van der Waals surface area contributed by atoms with E-state index in [4.69, 9.17) is 0 Å². The lowest BCUT2D eigenvalue weighted by Gasteiger charge is -2.26. The van der Waals surface area contributed by atoms with Crippen LogP contribution in [-0.2, 0) is 0 Å². The number of rotatable bonds is 8. The molecule has 2 aromatic heterocycles. The van der Waals surface area contributed by atoms with Gasteiger partial charge in [-0.3, -0.25) is 0 Å². The quantitative estimate of drug-likeness (QED) is 0.545. The minimum absolute atomic E-state index is 0.154. The summed E-state index contributed by atoms with van der Waals surface area (Å²) in [5.41, 5.74) is 1.41. The number of amides is 2. The number of aliphatic hydroxyl groups excluding tert-OH is 1. The molecule has 8 nitrogen and oxygen atoms in total. The van der Waals surface area contributed by atoms with Gasteiger partial charge in [-0.05, 0) is 37.9 Å². The van der Waals surface area contributed by atoms with E-state index in [-0.39, 0.29) is 11.9 Å². The zero-order chi connectivity index (χ0) is 20.6. The molecular weight excluding hydrogens is 368 g/mol. The number of hydrogen-bond acceptors (Lipinski definition) is 5. The lowest BCUT2D eigenvalue weighted by molar-refractivity contribution is 0.0911. The van der Waals surface area contributed by atoms with E-state index in [9.17, 15) is 9.90 Å². The Balaban J connectivity index is 1.56. The minimum atomic E-state index is -0.672. The van der Waals surface area contributed by atoms with Crippen molar-refractivity contribution in [3.05, 3.63) is 72.7 Å². The Kier molecular flexibility index (Phi) is 6.94. The van der Waals surface area contributed by atoms with Gasteiger partial charge >= 0.3 is 6.03 Å². The van der Waals surface area contributed by atoms with Gasteiger partial charge in [-0.15, -0.1) is 0 Å². The largest absolute Gasteiger partial charge is 0.388 e. The first-order valence-corrected chi connectivity index (χ1v) is 9.41. The van der Waals surface area contributed by atoms with Crippen LogP contribution < -0.4 is 10.6 Å². The maximum absolute atomic E-state index is 12.3. The Morgan fingerprint density at radius 1 is 1.17 bits per heavy atom. The van der Waals surface area contributed by atoms with Crippen molar-refractivity contribution in [3.63, 3.8) is 0 Å². The molecule has 3 rings (SSSR count). The first-order chi connectivity index (χ1) is 14.0. The number of anilines is 1. The van der Waals surface area contributed by atoms with Crippen LogP contribution in [0.1, 0.15) is 11.7 Å². The van der Waals surface area contributed by atoms with Crippen LogP contribution in [0.15, 0.2) is 67.1 Å². The number of nitrogens with one attached hydrogen (secondary N) is 2. The molecule has 152 valence electrons. The van der Waals surface area contributed by atoms with Gasteiger partial charge in [-0.25, -0.2) is 14.5 Å². The van der Waals surface area contributed by atoms with E-state index in [1.165, 1.54) is 0 Å². The predicted molar refractivity (Wildman–Crippen MR) is 112 cm³/mol. The molecule has 0 aliphatic rings. The van der Waals surface area contributed by atoms with Crippen molar-refractivity contribution in [2.24, 2.45) is 5.92 Å². The van der Waals surface area contributed by atoms with E-state index in [0.717, 1.165) is 5.56 Å². The molecule has 0 saturated heterocycles. The van der Waals surface area contributed by atoms with Crippen LogP contribution in [-0.4, -0.2) is 58.0 Å². The summed E-state index contributed by atoms with van der Waals surface area (Å²) in [7, 11) is 3.88. The van der Waals surface area contributed by atoms with E-state index in [1.54, 1.807) is 35.4 Å². The molecule has 0 radical (unpaired) electrons. The first-order valence-electron chi connectivity index (χ1n) is 9.41. The number of nitrogens with zero attached hydrogens (tertiary/aromatic N) is 4. The van der Waals surface area contributed by atoms with E-state index in [0.29, 0.717) is 24.6 Å². The third kappa shape index (κ3) is 5.87. The van der Waals surface area contributed by atoms with Crippen LogP contribution >= 0.6 is 0 Å². The molecule has 0 aliphatic carbocycles. The van der Waals surface area contributed by atoms with Crippen molar-refractivity contribution in [1.29, 1.82) is 0 Å². The van der Waals surface area contributed by atoms with E-state index >= 15 is 0 Å². The fourth-order valence-electron chi connectivity index (χ4n) is 3.07. The smallest absolute Gasteiger partial charge is 0.319 e. The highest BCUT2D eigenvalue weighted by molar-refractivity contribution is 5.89. The fraction of sp³-hybridized carbons (Fsp3) is 0.286. The number of urea groups is 1. The standard InChI is InChI=1S/C21H26N6O2/c1-26(2)15-17(20(28)16-7-4-3-5-8-16)13-23-21(29)25-18-9-10-19(22-14-18)27-12-6-11-24-27/h3-12,14,17,20,28H,13,15H2,1-2H3,(H2,23,25,29)/t17-,20+/m1/s1. The number of carbonyl (C=O) groups is 1. The van der Waals surface area contributed by atoms with Gasteiger partial charge in [0, 0.05) is 31.4 Å². The molecule has 0 saturated carbocycles. The van der Waals surface area contributed by atoms with Crippen LogP contribution in [0.4, 0.5) is 10.5 Å². The van der Waals surface area contributed by atoms with Gasteiger partial charge in [0.15, 0.2) is 5.82 Å². The Morgan fingerprint density at radius 3 is 2.59 bits per heavy atom. The molecule has 2 amide bonds. The van der Waals surface area contributed by atoms with Crippen LogP contribution in [0.3, 0.4) is 0 Å². The molecular formula is C21H26N6O2. The maximum atomic E-state index is 12.3. The summed E-state index contributed by atoms with van der Waals surface area (Å²) in [5, 5.41) is 20.5. The van der Waals surface area contributed by atoms with E-state index in [1.807, 2.05) is 55.4 Å². The average molecular weight is 394 g/mol. The number of aliphatic hydroxyl groups is 1. The third-order valence-electron chi connectivity index (χ3n) is 4.46. The molecule has 2 atom stereocenters. The zero-order valence-electron chi connectivity index (χ0n) is 16.6. The van der Waals surface area contributed by atoms with Crippen LogP contribution in [0.2, 0.25) is 0 Å². The molecule has 0 aliphatic heterocycles. The average Bonchev–Trinajstić information content (AvgIpc) is 3.26. The van der Waals surface area contributed by atoms with E-state index < -0.39 is 6.10 Å². The SMILES string of the molecule is CN(C)C[C@@H](CNC(=O)Nc1ccc(-n2cccn2)nc1)[C@@H](O)c1ccccc1. The molecule has 0 fully saturated rings. The fourth-order valence-corrected chi connectivity index (χ4v) is 3.07. The summed E-state index contributed by atoms with van der Waals surface area (Å²) in [6.45, 7) is 0.968. The molecule has 3 aromatic rings. The summed E-state index contributed by atoms with van der Waals surface area (Å²) >= 11 is 0. The highest BCUT2D eigenvalue weighted by Gasteiger charge is 2.22. The Labute approximate surface area is 170 Å². The van der Waals surface area contributed by atoms with Crippen molar-refractivity contribution in [2.45, 2.75) is 6.10 Å². The topological polar surface area (TPSA) is 95.3 Å². The zero-order valence-corrected chi connectivity index (χ0v) is 16.6. The Bertz CT molecular complexity index is 881. The van der Waals surface area contributed by atoms with Gasteiger partial charge in [-0.2, -0.15) is 5.10 Å². The second-order valence-electron chi connectivity index (χ2n) is 7.07. The molecule has 3 N–H and O–H groups in total. The van der Waals surface area contributed by atoms with Gasteiger partial charge < -0.3 is 20.6 Å². The molecule has 0 bridgehead atoms. The Morgan fingerprint density at radius 2 is 1.97 bits per heavy atom. The molecule has 0 spiro atoms. The normalized spacial score (nSPS) is 13.1. The van der Waals surface area contributed by atoms with Gasteiger partial charge in [0.05, 0.1) is 18.0 Å². The van der Waals surface area contributed by atoms with Crippen molar-refractivity contribution in [2.75, 3.05) is 32.5 Å². The Hall–Kier alpha value is -3.23. The first kappa shape index (κ1) is 20.5. The van der Waals surface area contributed by atoms with Crippen molar-refractivity contribution >= 4 is 11.7 Å². The summed E-state index contributed by atoms with van der Waals surface area (Å²) in [5.74, 6) is 0.511. The van der Waals surface area contributed by atoms with Gasteiger partial charge in [0.1, 0.15) is 0 Å². The molecule has 8 heteroatoms. The van der Waals surface area contributed by atoms with Crippen LogP contribution in [0.5, 0.6) is 0 Å². The minimum Gasteiger partial charge on any atom is -0.388 e. The monoisotopic (exact) mass is 394 g/mol. The maximum Gasteiger partial charge on any atom is 0.319 e. The van der Waals surface area contributed by atoms with Crippen LogP contribution in [0.25, 0.3) is 5.82 Å².